The van der Waals surface area contributed by atoms with Crippen LogP contribution in [0.15, 0.2) is 18.2 Å². The third-order valence-corrected chi connectivity index (χ3v) is 4.44. The lowest BCUT2D eigenvalue weighted by Gasteiger charge is -2.29. The lowest BCUT2D eigenvalue weighted by atomic mass is 9.81. The van der Waals surface area contributed by atoms with E-state index in [1.165, 1.54) is 0 Å². The van der Waals surface area contributed by atoms with Gasteiger partial charge in [-0.25, -0.2) is 0 Å². The van der Waals surface area contributed by atoms with E-state index in [1.807, 2.05) is 13.8 Å². The number of rotatable bonds is 9. The number of aliphatic hydroxyl groups is 1. The number of aliphatic hydroxyl groups excluding tert-OH is 1. The maximum atomic E-state index is 12.4. The number of benzene rings is 1. The molecule has 4 N–H and O–H groups in total. The van der Waals surface area contributed by atoms with Gasteiger partial charge in [-0.05, 0) is 30.5 Å². The summed E-state index contributed by atoms with van der Waals surface area (Å²) in [4.78, 5) is 12.4. The van der Waals surface area contributed by atoms with Gasteiger partial charge in [0.15, 0.2) is 0 Å². The van der Waals surface area contributed by atoms with E-state index in [4.69, 9.17) is 15.2 Å². The smallest absolute Gasteiger partial charge is 0.227 e. The summed E-state index contributed by atoms with van der Waals surface area (Å²) in [6, 6.07) is 5.16. The van der Waals surface area contributed by atoms with E-state index < -0.39 is 11.5 Å². The molecule has 0 heterocycles. The Kier molecular flexibility index (Phi) is 9.73. The van der Waals surface area contributed by atoms with Crippen LogP contribution in [0.1, 0.15) is 38.4 Å². The maximum absolute atomic E-state index is 12.4. The number of carbonyl (C=O) groups excluding carboxylic acids is 1. The number of methoxy groups -OCH3 is 2. The standard InChI is InChI=1S/C17H28N2O4.ClH/c1-5-17(6-2,11-18)16(21)19-10-15(20)12-7-13(22-3)9-14(8-12)23-4;/h7-9,15,20H,5-6,10-11,18H2,1-4H3,(H,19,21);1H. The molecule has 24 heavy (non-hydrogen) atoms. The fourth-order valence-corrected chi connectivity index (χ4v) is 2.47. The third kappa shape index (κ3) is 5.26. The van der Waals surface area contributed by atoms with Crippen molar-refractivity contribution in [2.45, 2.75) is 32.8 Å². The molecule has 1 rings (SSSR count). The molecule has 1 aromatic carbocycles. The first-order chi connectivity index (χ1) is 11.0. The zero-order valence-corrected chi connectivity index (χ0v) is 15.6. The van der Waals surface area contributed by atoms with Crippen molar-refractivity contribution in [2.75, 3.05) is 27.3 Å². The van der Waals surface area contributed by atoms with Crippen molar-refractivity contribution >= 4 is 18.3 Å². The van der Waals surface area contributed by atoms with Gasteiger partial charge in [0.25, 0.3) is 0 Å². The first-order valence-electron chi connectivity index (χ1n) is 7.85. The Labute approximate surface area is 150 Å². The molecule has 0 saturated heterocycles. The molecule has 0 aliphatic carbocycles. The summed E-state index contributed by atoms with van der Waals surface area (Å²) in [6.45, 7) is 4.28. The molecule has 7 heteroatoms. The summed E-state index contributed by atoms with van der Waals surface area (Å²) in [7, 11) is 3.09. The van der Waals surface area contributed by atoms with E-state index in [1.54, 1.807) is 32.4 Å². The van der Waals surface area contributed by atoms with Crippen LogP contribution in [0.2, 0.25) is 0 Å². The highest BCUT2D eigenvalue weighted by Crippen LogP contribution is 2.27. The topological polar surface area (TPSA) is 93.8 Å². The van der Waals surface area contributed by atoms with Crippen LogP contribution >= 0.6 is 12.4 Å². The fourth-order valence-electron chi connectivity index (χ4n) is 2.47. The lowest BCUT2D eigenvalue weighted by molar-refractivity contribution is -0.131. The Morgan fingerprint density at radius 2 is 1.71 bits per heavy atom. The van der Waals surface area contributed by atoms with Gasteiger partial charge in [-0.2, -0.15) is 0 Å². The highest BCUT2D eigenvalue weighted by molar-refractivity contribution is 5.85. The molecule has 1 unspecified atom stereocenters. The molecule has 1 amide bonds. The van der Waals surface area contributed by atoms with Gasteiger partial charge in [0, 0.05) is 19.2 Å². The normalized spacial score (nSPS) is 12.1. The minimum atomic E-state index is -0.855. The molecule has 0 radical (unpaired) electrons. The van der Waals surface area contributed by atoms with Crippen LogP contribution in [0.4, 0.5) is 0 Å². The summed E-state index contributed by atoms with van der Waals surface area (Å²) in [5, 5.41) is 13.1. The number of carbonyl (C=O) groups is 1. The molecular formula is C17H29ClN2O4. The van der Waals surface area contributed by atoms with Crippen molar-refractivity contribution in [3.8, 4) is 11.5 Å². The minimum Gasteiger partial charge on any atom is -0.497 e. The second kappa shape index (κ2) is 10.4. The summed E-state index contributed by atoms with van der Waals surface area (Å²) in [5.74, 6) is 1.05. The van der Waals surface area contributed by atoms with Gasteiger partial charge in [0.1, 0.15) is 11.5 Å². The second-order valence-corrected chi connectivity index (χ2v) is 5.56. The molecule has 0 saturated carbocycles. The van der Waals surface area contributed by atoms with Gasteiger partial charge in [-0.3, -0.25) is 4.79 Å². The highest BCUT2D eigenvalue weighted by Gasteiger charge is 2.33. The van der Waals surface area contributed by atoms with Crippen LogP contribution in [-0.4, -0.2) is 38.3 Å². The molecule has 0 spiro atoms. The summed E-state index contributed by atoms with van der Waals surface area (Å²) >= 11 is 0. The SMILES string of the molecule is CCC(CC)(CN)C(=O)NCC(O)c1cc(OC)cc(OC)c1.Cl. The quantitative estimate of drug-likeness (QED) is 0.626. The Hall–Kier alpha value is -1.50. The van der Waals surface area contributed by atoms with E-state index in [0.717, 1.165) is 0 Å². The van der Waals surface area contributed by atoms with Gasteiger partial charge in [-0.1, -0.05) is 13.8 Å². The van der Waals surface area contributed by atoms with E-state index in [0.29, 0.717) is 29.9 Å². The zero-order valence-electron chi connectivity index (χ0n) is 14.8. The van der Waals surface area contributed by atoms with Gasteiger partial charge in [0.2, 0.25) is 5.91 Å². The number of amides is 1. The molecule has 6 nitrogen and oxygen atoms in total. The predicted octanol–water partition coefficient (Wildman–Crippen LogP) is 2.04. The van der Waals surface area contributed by atoms with E-state index >= 15 is 0 Å². The van der Waals surface area contributed by atoms with Gasteiger partial charge in [-0.15, -0.1) is 12.4 Å². The number of nitrogens with two attached hydrogens (primary N) is 1. The number of hydrogen-bond acceptors (Lipinski definition) is 5. The fraction of sp³-hybridized carbons (Fsp3) is 0.588. The van der Waals surface area contributed by atoms with E-state index in [9.17, 15) is 9.90 Å². The Bertz CT molecular complexity index is 491. The van der Waals surface area contributed by atoms with Crippen molar-refractivity contribution in [1.82, 2.24) is 5.32 Å². The maximum Gasteiger partial charge on any atom is 0.227 e. The average Bonchev–Trinajstić information content (AvgIpc) is 2.60. The molecule has 1 aromatic rings. The van der Waals surface area contributed by atoms with Crippen LogP contribution in [0.3, 0.4) is 0 Å². The number of halogens is 1. The minimum absolute atomic E-state index is 0. The molecular weight excluding hydrogens is 332 g/mol. The third-order valence-electron chi connectivity index (χ3n) is 4.44. The number of nitrogens with one attached hydrogen (secondary N) is 1. The van der Waals surface area contributed by atoms with Gasteiger partial charge < -0.3 is 25.6 Å². The van der Waals surface area contributed by atoms with E-state index in [2.05, 4.69) is 5.32 Å². The number of hydrogen-bond donors (Lipinski definition) is 3. The van der Waals surface area contributed by atoms with Crippen LogP contribution in [0, 0.1) is 5.41 Å². The van der Waals surface area contributed by atoms with Crippen LogP contribution in [-0.2, 0) is 4.79 Å². The van der Waals surface area contributed by atoms with Crippen molar-refractivity contribution in [1.29, 1.82) is 0 Å². The first-order valence-corrected chi connectivity index (χ1v) is 7.85. The predicted molar refractivity (Wildman–Crippen MR) is 96.8 cm³/mol. The summed E-state index contributed by atoms with van der Waals surface area (Å²) in [6.07, 6.45) is 0.469. The van der Waals surface area contributed by atoms with Gasteiger partial charge in [0.05, 0.1) is 25.7 Å². The Morgan fingerprint density at radius 3 is 2.08 bits per heavy atom. The molecule has 0 fully saturated rings. The summed E-state index contributed by atoms with van der Waals surface area (Å²) in [5.41, 5.74) is 5.81. The Balaban J connectivity index is 0.00000529. The molecule has 0 bridgehead atoms. The largest absolute Gasteiger partial charge is 0.497 e. The average molecular weight is 361 g/mol. The van der Waals surface area contributed by atoms with Crippen molar-refractivity contribution < 1.29 is 19.4 Å². The molecule has 138 valence electrons. The van der Waals surface area contributed by atoms with Crippen LogP contribution < -0.4 is 20.5 Å². The highest BCUT2D eigenvalue weighted by atomic mass is 35.5. The molecule has 0 aliphatic heterocycles. The van der Waals surface area contributed by atoms with Crippen molar-refractivity contribution in [3.05, 3.63) is 23.8 Å². The van der Waals surface area contributed by atoms with Gasteiger partial charge >= 0.3 is 0 Å². The lowest BCUT2D eigenvalue weighted by Crippen LogP contribution is -2.46. The Morgan fingerprint density at radius 1 is 1.21 bits per heavy atom. The molecule has 1 atom stereocenters. The summed E-state index contributed by atoms with van der Waals surface area (Å²) < 4.78 is 10.4. The second-order valence-electron chi connectivity index (χ2n) is 5.56. The van der Waals surface area contributed by atoms with Crippen LogP contribution in [0.25, 0.3) is 0 Å². The monoisotopic (exact) mass is 360 g/mol. The first kappa shape index (κ1) is 22.5. The van der Waals surface area contributed by atoms with E-state index in [-0.39, 0.29) is 31.4 Å². The van der Waals surface area contributed by atoms with Crippen molar-refractivity contribution in [2.24, 2.45) is 11.1 Å². The van der Waals surface area contributed by atoms with Crippen molar-refractivity contribution in [3.63, 3.8) is 0 Å². The molecule has 0 aliphatic rings. The number of ether oxygens (including phenoxy) is 2. The van der Waals surface area contributed by atoms with Crippen LogP contribution in [0.5, 0.6) is 11.5 Å². The zero-order chi connectivity index (χ0) is 17.5. The molecule has 0 aromatic heterocycles.